The SMILES string of the molecule is O=C(CN1CCc2cc(-c3cccc(C(F)(F)F)c3)ccc2C1C1CCN(C2CCCC2)CC1)Nc1cc(Cl)cc(Cl)c1. The molecule has 43 heavy (non-hydrogen) atoms. The summed E-state index contributed by atoms with van der Waals surface area (Å²) in [5, 5.41) is 3.87. The van der Waals surface area contributed by atoms with Gasteiger partial charge in [0.1, 0.15) is 0 Å². The number of anilines is 1. The molecule has 0 bridgehead atoms. The number of fused-ring (bicyclic) bond motifs is 1. The second-order valence-electron chi connectivity index (χ2n) is 12.2. The molecule has 3 aliphatic rings. The summed E-state index contributed by atoms with van der Waals surface area (Å²) in [5.41, 5.74) is 3.58. The summed E-state index contributed by atoms with van der Waals surface area (Å²) >= 11 is 12.3. The highest BCUT2D eigenvalue weighted by molar-refractivity contribution is 6.35. The smallest absolute Gasteiger partial charge is 0.325 e. The normalized spacial score (nSPS) is 20.7. The molecule has 0 aromatic heterocycles. The number of likely N-dealkylation sites (tertiary alicyclic amines) is 1. The lowest BCUT2D eigenvalue weighted by Gasteiger charge is -2.45. The van der Waals surface area contributed by atoms with E-state index < -0.39 is 11.7 Å². The summed E-state index contributed by atoms with van der Waals surface area (Å²) in [5.74, 6) is 0.250. The van der Waals surface area contributed by atoms with Crippen molar-refractivity contribution in [2.45, 2.75) is 63.2 Å². The predicted octanol–water partition coefficient (Wildman–Crippen LogP) is 8.87. The topological polar surface area (TPSA) is 35.6 Å². The summed E-state index contributed by atoms with van der Waals surface area (Å²) < 4.78 is 40.2. The Morgan fingerprint density at radius 1 is 0.860 bits per heavy atom. The number of amides is 1. The number of carbonyl (C=O) groups excluding carboxylic acids is 1. The Bertz CT molecular complexity index is 1450. The van der Waals surface area contributed by atoms with E-state index in [1.54, 1.807) is 24.3 Å². The predicted molar refractivity (Wildman–Crippen MR) is 167 cm³/mol. The number of nitrogens with one attached hydrogen (secondary N) is 1. The van der Waals surface area contributed by atoms with Gasteiger partial charge in [0, 0.05) is 34.4 Å². The highest BCUT2D eigenvalue weighted by Gasteiger charge is 2.38. The number of carbonyl (C=O) groups is 1. The summed E-state index contributed by atoms with van der Waals surface area (Å²) in [6.45, 7) is 3.04. The van der Waals surface area contributed by atoms with Crippen molar-refractivity contribution in [3.8, 4) is 11.1 Å². The first-order valence-electron chi connectivity index (χ1n) is 15.2. The van der Waals surface area contributed by atoms with E-state index in [-0.39, 0.29) is 18.5 Å². The zero-order chi connectivity index (χ0) is 30.1. The van der Waals surface area contributed by atoms with Crippen molar-refractivity contribution in [3.05, 3.63) is 87.4 Å². The average molecular weight is 631 g/mol. The molecule has 9 heteroatoms. The molecule has 0 radical (unpaired) electrons. The molecule has 1 amide bonds. The van der Waals surface area contributed by atoms with Crippen molar-refractivity contribution in [3.63, 3.8) is 0 Å². The Kier molecular flexibility index (Phi) is 9.06. The van der Waals surface area contributed by atoms with Crippen LogP contribution in [0.1, 0.15) is 61.3 Å². The minimum Gasteiger partial charge on any atom is -0.325 e. The molecule has 1 N–H and O–H groups in total. The first-order chi connectivity index (χ1) is 20.6. The minimum absolute atomic E-state index is 0.0544. The van der Waals surface area contributed by atoms with E-state index in [1.807, 2.05) is 6.07 Å². The molecule has 4 nitrogen and oxygen atoms in total. The van der Waals surface area contributed by atoms with Crippen LogP contribution in [0.5, 0.6) is 0 Å². The van der Waals surface area contributed by atoms with Gasteiger partial charge in [-0.25, -0.2) is 0 Å². The molecule has 3 aromatic rings. The van der Waals surface area contributed by atoms with Crippen LogP contribution in [0.2, 0.25) is 10.0 Å². The van der Waals surface area contributed by atoms with Crippen molar-refractivity contribution < 1.29 is 18.0 Å². The van der Waals surface area contributed by atoms with Crippen molar-refractivity contribution in [2.75, 3.05) is 31.5 Å². The molecule has 1 atom stereocenters. The summed E-state index contributed by atoms with van der Waals surface area (Å²) in [4.78, 5) is 18.2. The average Bonchev–Trinajstić information content (AvgIpc) is 3.51. The number of piperidine rings is 1. The molecule has 1 aliphatic carbocycles. The maximum Gasteiger partial charge on any atom is 0.416 e. The molecule has 6 rings (SSSR count). The maximum absolute atomic E-state index is 13.4. The first kappa shape index (κ1) is 30.4. The van der Waals surface area contributed by atoms with E-state index in [2.05, 4.69) is 27.2 Å². The summed E-state index contributed by atoms with van der Waals surface area (Å²) in [6, 6.07) is 17.3. The van der Waals surface area contributed by atoms with Gasteiger partial charge in [0.25, 0.3) is 0 Å². The van der Waals surface area contributed by atoms with Crippen LogP contribution in [0.25, 0.3) is 11.1 Å². The van der Waals surface area contributed by atoms with E-state index in [0.717, 1.165) is 49.5 Å². The Morgan fingerprint density at radius 3 is 2.26 bits per heavy atom. The highest BCUT2D eigenvalue weighted by atomic mass is 35.5. The molecule has 228 valence electrons. The zero-order valence-electron chi connectivity index (χ0n) is 24.0. The van der Waals surface area contributed by atoms with E-state index in [1.165, 1.54) is 43.4 Å². The van der Waals surface area contributed by atoms with E-state index in [0.29, 0.717) is 39.8 Å². The van der Waals surface area contributed by atoms with Crippen molar-refractivity contribution in [2.24, 2.45) is 5.92 Å². The third-order valence-corrected chi connectivity index (χ3v) is 9.84. The quantitative estimate of drug-likeness (QED) is 0.296. The van der Waals surface area contributed by atoms with Crippen LogP contribution in [0.15, 0.2) is 60.7 Å². The van der Waals surface area contributed by atoms with Crippen molar-refractivity contribution in [1.29, 1.82) is 0 Å². The number of alkyl halides is 3. The third kappa shape index (κ3) is 7.06. The monoisotopic (exact) mass is 629 g/mol. The van der Waals surface area contributed by atoms with Gasteiger partial charge in [-0.3, -0.25) is 9.69 Å². The molecule has 1 unspecified atom stereocenters. The standard InChI is InChI=1S/C34H36Cl2F3N3O/c35-27-18-28(36)20-29(19-27)40-32(43)21-42-15-12-25-16-24(23-4-3-5-26(17-23)34(37,38)39)8-9-31(25)33(42)22-10-13-41(14-11-22)30-6-1-2-7-30/h3-5,8-9,16-20,22,30,33H,1-2,6-7,10-15,21H2,(H,40,43). The fraction of sp³-hybridized carbons (Fsp3) is 0.441. The van der Waals surface area contributed by atoms with Crippen LogP contribution in [-0.4, -0.2) is 47.9 Å². The van der Waals surface area contributed by atoms with E-state index in [4.69, 9.17) is 23.2 Å². The second kappa shape index (κ2) is 12.8. The Labute approximate surface area is 261 Å². The summed E-state index contributed by atoms with van der Waals surface area (Å²) in [6.07, 6.45) is 3.64. The van der Waals surface area contributed by atoms with Crippen LogP contribution >= 0.6 is 23.2 Å². The third-order valence-electron chi connectivity index (χ3n) is 9.40. The van der Waals surface area contributed by atoms with Crippen LogP contribution in [0.3, 0.4) is 0 Å². The number of halogens is 5. The first-order valence-corrected chi connectivity index (χ1v) is 15.9. The van der Waals surface area contributed by atoms with Gasteiger partial charge in [-0.2, -0.15) is 13.2 Å². The second-order valence-corrected chi connectivity index (χ2v) is 13.0. The summed E-state index contributed by atoms with van der Waals surface area (Å²) in [7, 11) is 0. The van der Waals surface area contributed by atoms with Gasteiger partial charge >= 0.3 is 6.18 Å². The molecular formula is C34H36Cl2F3N3O. The van der Waals surface area contributed by atoms with Gasteiger partial charge in [0.2, 0.25) is 5.91 Å². The highest BCUT2D eigenvalue weighted by Crippen LogP contribution is 2.42. The molecule has 2 fully saturated rings. The molecule has 2 aliphatic heterocycles. The van der Waals surface area contributed by atoms with Gasteiger partial charge in [-0.1, -0.05) is 66.4 Å². The lowest BCUT2D eigenvalue weighted by Crippen LogP contribution is -2.47. The van der Waals surface area contributed by atoms with Gasteiger partial charge in [-0.05, 0) is 104 Å². The maximum atomic E-state index is 13.4. The number of hydrogen-bond acceptors (Lipinski definition) is 3. The Hall–Kier alpha value is -2.58. The Morgan fingerprint density at radius 2 is 1.56 bits per heavy atom. The number of rotatable bonds is 6. The zero-order valence-corrected chi connectivity index (χ0v) is 25.5. The number of benzene rings is 3. The van der Waals surface area contributed by atoms with E-state index >= 15 is 0 Å². The number of hydrogen-bond donors (Lipinski definition) is 1. The molecule has 3 aromatic carbocycles. The fourth-order valence-electron chi connectivity index (χ4n) is 7.38. The van der Waals surface area contributed by atoms with Gasteiger partial charge in [0.15, 0.2) is 0 Å². The van der Waals surface area contributed by atoms with E-state index in [9.17, 15) is 18.0 Å². The molecular weight excluding hydrogens is 594 g/mol. The van der Waals surface area contributed by atoms with Gasteiger partial charge in [0.05, 0.1) is 12.1 Å². The minimum atomic E-state index is -4.39. The van der Waals surface area contributed by atoms with Crippen LogP contribution < -0.4 is 5.32 Å². The van der Waals surface area contributed by atoms with Crippen LogP contribution in [0.4, 0.5) is 18.9 Å². The molecule has 1 saturated heterocycles. The molecule has 2 heterocycles. The van der Waals surface area contributed by atoms with Crippen LogP contribution in [-0.2, 0) is 17.4 Å². The van der Waals surface area contributed by atoms with Gasteiger partial charge < -0.3 is 10.2 Å². The van der Waals surface area contributed by atoms with Crippen LogP contribution in [0, 0.1) is 5.92 Å². The largest absolute Gasteiger partial charge is 0.416 e. The lowest BCUT2D eigenvalue weighted by atomic mass is 9.79. The molecule has 1 saturated carbocycles. The molecule has 0 spiro atoms. The number of nitrogens with zero attached hydrogens (tertiary/aromatic N) is 2. The lowest BCUT2D eigenvalue weighted by molar-refractivity contribution is -0.137. The fourth-order valence-corrected chi connectivity index (χ4v) is 7.90. The van der Waals surface area contributed by atoms with Crippen molar-refractivity contribution >= 4 is 34.8 Å². The Balaban J connectivity index is 1.25. The van der Waals surface area contributed by atoms with Crippen molar-refractivity contribution in [1.82, 2.24) is 9.80 Å². The van der Waals surface area contributed by atoms with Gasteiger partial charge in [-0.15, -0.1) is 0 Å².